The van der Waals surface area contributed by atoms with Crippen molar-refractivity contribution in [3.05, 3.63) is 92.4 Å². The number of aryl methyl sites for hydroxylation is 3. The van der Waals surface area contributed by atoms with Crippen molar-refractivity contribution < 1.29 is 19.5 Å². The summed E-state index contributed by atoms with van der Waals surface area (Å²) in [6.45, 7) is 6.71. The fraction of sp³-hybridized carbons (Fsp3) is 0.286. The number of carbonyl (C=O) groups is 3. The van der Waals surface area contributed by atoms with Crippen LogP contribution in [-0.2, 0) is 11.2 Å². The second-order valence-electron chi connectivity index (χ2n) is 9.01. The molecule has 0 bridgehead atoms. The topological polar surface area (TPSA) is 99.6 Å². The van der Waals surface area contributed by atoms with Crippen molar-refractivity contribution in [3.63, 3.8) is 0 Å². The maximum atomic E-state index is 12.8. The number of aliphatic carboxylic acids is 1. The summed E-state index contributed by atoms with van der Waals surface area (Å²) >= 11 is 1.47. The molecule has 2 N–H and O–H groups in total. The summed E-state index contributed by atoms with van der Waals surface area (Å²) in [5.74, 6) is -1.50. The fourth-order valence-electron chi connectivity index (χ4n) is 4.43. The quantitative estimate of drug-likeness (QED) is 0.497. The van der Waals surface area contributed by atoms with E-state index in [1.807, 2.05) is 63.2 Å². The summed E-state index contributed by atoms with van der Waals surface area (Å²) < 4.78 is 0. The number of thiazole rings is 1. The highest BCUT2D eigenvalue weighted by Gasteiger charge is 2.24. The van der Waals surface area contributed by atoms with Crippen molar-refractivity contribution in [2.75, 3.05) is 13.1 Å². The van der Waals surface area contributed by atoms with Crippen LogP contribution in [-0.4, -0.2) is 51.9 Å². The molecule has 3 aromatic rings. The lowest BCUT2D eigenvalue weighted by molar-refractivity contribution is -0.139. The summed E-state index contributed by atoms with van der Waals surface area (Å²) in [6.07, 6.45) is 2.97. The Kier molecular flexibility index (Phi) is 7.64. The summed E-state index contributed by atoms with van der Waals surface area (Å²) in [6, 6.07) is 12.2. The molecule has 4 rings (SSSR count). The third kappa shape index (κ3) is 5.71. The zero-order chi connectivity index (χ0) is 25.8. The first-order valence-electron chi connectivity index (χ1n) is 11.8. The van der Waals surface area contributed by atoms with E-state index in [2.05, 4.69) is 16.4 Å². The molecular formula is C28H29N3O4S. The Labute approximate surface area is 214 Å². The number of nitrogens with one attached hydrogen (secondary N) is 1. The van der Waals surface area contributed by atoms with Gasteiger partial charge in [-0.05, 0) is 55.0 Å². The van der Waals surface area contributed by atoms with Gasteiger partial charge in [-0.15, -0.1) is 11.3 Å². The molecule has 2 heterocycles. The number of nitrogens with zero attached hydrogens (tertiary/aromatic N) is 2. The number of hydrogen-bond donors (Lipinski definition) is 2. The van der Waals surface area contributed by atoms with Gasteiger partial charge in [-0.25, -0.2) is 9.78 Å². The lowest BCUT2D eigenvalue weighted by atomic mass is 9.96. The smallest absolute Gasteiger partial charge is 0.326 e. The van der Waals surface area contributed by atoms with Crippen molar-refractivity contribution in [1.82, 2.24) is 15.2 Å². The van der Waals surface area contributed by atoms with E-state index in [0.29, 0.717) is 24.3 Å². The van der Waals surface area contributed by atoms with Gasteiger partial charge in [-0.2, -0.15) is 0 Å². The monoisotopic (exact) mass is 503 g/mol. The van der Waals surface area contributed by atoms with Crippen LogP contribution in [0.5, 0.6) is 0 Å². The van der Waals surface area contributed by atoms with Crippen LogP contribution in [0.25, 0.3) is 5.57 Å². The molecule has 1 atom stereocenters. The molecule has 1 aliphatic rings. The molecule has 0 aliphatic carbocycles. The second kappa shape index (κ2) is 10.9. The SMILES string of the molecule is Cc1nc(C(=O)N2CC=C(c3ccc(C[C@H](NC(=O)c4c(C)cccc4C)C(=O)O)cc3)CC2)cs1. The first kappa shape index (κ1) is 25.3. The minimum atomic E-state index is -1.08. The highest BCUT2D eigenvalue weighted by Crippen LogP contribution is 2.24. The molecule has 0 saturated carbocycles. The molecule has 36 heavy (non-hydrogen) atoms. The molecule has 2 amide bonds. The summed E-state index contributed by atoms with van der Waals surface area (Å²) in [5.41, 5.74) is 5.64. The first-order chi connectivity index (χ1) is 17.2. The van der Waals surface area contributed by atoms with Gasteiger partial charge in [0.25, 0.3) is 11.8 Å². The average molecular weight is 504 g/mol. The summed E-state index contributed by atoms with van der Waals surface area (Å²) in [7, 11) is 0. The standard InChI is InChI=1S/C28H29N3O4S/c1-17-5-4-6-18(2)25(17)26(32)30-23(28(34)35)15-20-7-9-21(10-8-20)22-11-13-31(14-12-22)27(33)24-16-36-19(3)29-24/h4-11,16,23H,12-15H2,1-3H3,(H,30,32)(H,34,35)/t23-/m0/s1. The second-order valence-corrected chi connectivity index (χ2v) is 10.1. The third-order valence-corrected chi connectivity index (χ3v) is 7.18. The number of rotatable bonds is 7. The molecule has 8 heteroatoms. The van der Waals surface area contributed by atoms with E-state index < -0.39 is 12.0 Å². The molecule has 0 unspecified atom stereocenters. The van der Waals surface area contributed by atoms with E-state index in [9.17, 15) is 19.5 Å². The normalized spacial score (nSPS) is 14.2. The van der Waals surface area contributed by atoms with Crippen LogP contribution in [0.1, 0.15) is 54.5 Å². The predicted octanol–water partition coefficient (Wildman–Crippen LogP) is 4.42. The number of carboxylic acid groups (broad SMARTS) is 1. The van der Waals surface area contributed by atoms with E-state index >= 15 is 0 Å². The Morgan fingerprint density at radius 2 is 1.78 bits per heavy atom. The van der Waals surface area contributed by atoms with E-state index in [4.69, 9.17) is 0 Å². The maximum absolute atomic E-state index is 12.8. The number of amides is 2. The van der Waals surface area contributed by atoms with Crippen LogP contribution in [0, 0.1) is 20.8 Å². The van der Waals surface area contributed by atoms with Crippen LogP contribution in [0.2, 0.25) is 0 Å². The Hall–Kier alpha value is -3.78. The van der Waals surface area contributed by atoms with Gasteiger partial charge in [-0.1, -0.05) is 48.5 Å². The molecule has 0 radical (unpaired) electrons. The summed E-state index contributed by atoms with van der Waals surface area (Å²) in [5, 5.41) is 15.1. The van der Waals surface area contributed by atoms with E-state index in [1.54, 1.807) is 10.3 Å². The number of carbonyl (C=O) groups excluding carboxylic acids is 2. The average Bonchev–Trinajstić information content (AvgIpc) is 3.30. The van der Waals surface area contributed by atoms with Gasteiger partial charge in [0.15, 0.2) is 0 Å². The van der Waals surface area contributed by atoms with Gasteiger partial charge in [0, 0.05) is 30.5 Å². The molecule has 2 aromatic carbocycles. The fourth-order valence-corrected chi connectivity index (χ4v) is 5.02. The molecule has 7 nitrogen and oxygen atoms in total. The summed E-state index contributed by atoms with van der Waals surface area (Å²) in [4.78, 5) is 43.4. The maximum Gasteiger partial charge on any atom is 0.326 e. The van der Waals surface area contributed by atoms with Crippen molar-refractivity contribution in [2.24, 2.45) is 0 Å². The minimum absolute atomic E-state index is 0.0485. The van der Waals surface area contributed by atoms with Crippen molar-refractivity contribution in [1.29, 1.82) is 0 Å². The number of aromatic nitrogens is 1. The molecule has 1 aliphatic heterocycles. The molecule has 186 valence electrons. The van der Waals surface area contributed by atoms with Crippen LogP contribution in [0.4, 0.5) is 0 Å². The molecule has 0 fully saturated rings. The number of hydrogen-bond acceptors (Lipinski definition) is 5. The highest BCUT2D eigenvalue weighted by molar-refractivity contribution is 7.09. The predicted molar refractivity (Wildman–Crippen MR) is 140 cm³/mol. The number of benzene rings is 2. The van der Waals surface area contributed by atoms with Crippen molar-refractivity contribution in [3.8, 4) is 0 Å². The van der Waals surface area contributed by atoms with Gasteiger partial charge < -0.3 is 15.3 Å². The van der Waals surface area contributed by atoms with E-state index in [1.165, 1.54) is 11.3 Å². The lowest BCUT2D eigenvalue weighted by Crippen LogP contribution is -2.42. The van der Waals surface area contributed by atoms with Crippen LogP contribution < -0.4 is 5.32 Å². The van der Waals surface area contributed by atoms with E-state index in [-0.39, 0.29) is 18.2 Å². The van der Waals surface area contributed by atoms with E-state index in [0.717, 1.165) is 39.3 Å². The van der Waals surface area contributed by atoms with Crippen molar-refractivity contribution >= 4 is 34.7 Å². The highest BCUT2D eigenvalue weighted by atomic mass is 32.1. The van der Waals surface area contributed by atoms with Crippen molar-refractivity contribution in [2.45, 2.75) is 39.7 Å². The zero-order valence-corrected chi connectivity index (χ0v) is 21.4. The minimum Gasteiger partial charge on any atom is -0.480 e. The van der Waals surface area contributed by atoms with Gasteiger partial charge in [-0.3, -0.25) is 9.59 Å². The Bertz CT molecular complexity index is 1310. The largest absolute Gasteiger partial charge is 0.480 e. The Balaban J connectivity index is 1.40. The van der Waals surface area contributed by atoms with Crippen LogP contribution in [0.3, 0.4) is 0 Å². The van der Waals surface area contributed by atoms with Gasteiger partial charge in [0.2, 0.25) is 0 Å². The van der Waals surface area contributed by atoms with Gasteiger partial charge in [0.05, 0.1) is 5.01 Å². The molecular weight excluding hydrogens is 474 g/mol. The van der Waals surface area contributed by atoms with Crippen LogP contribution in [0.15, 0.2) is 53.9 Å². The number of carboxylic acids is 1. The molecule has 1 aromatic heterocycles. The Morgan fingerprint density at radius 3 is 2.33 bits per heavy atom. The zero-order valence-electron chi connectivity index (χ0n) is 20.6. The van der Waals surface area contributed by atoms with Gasteiger partial charge >= 0.3 is 5.97 Å². The molecule has 0 saturated heterocycles. The van der Waals surface area contributed by atoms with Crippen LogP contribution >= 0.6 is 11.3 Å². The molecule has 0 spiro atoms. The van der Waals surface area contributed by atoms with Gasteiger partial charge in [0.1, 0.15) is 11.7 Å². The Morgan fingerprint density at radius 1 is 1.08 bits per heavy atom. The first-order valence-corrected chi connectivity index (χ1v) is 12.7. The third-order valence-electron chi connectivity index (χ3n) is 6.41. The lowest BCUT2D eigenvalue weighted by Gasteiger charge is -2.26.